The number of fused-ring (bicyclic) bond motifs is 2. The van der Waals surface area contributed by atoms with Gasteiger partial charge in [0.25, 0.3) is 5.91 Å². The number of nitrogens with one attached hydrogen (secondary N) is 2. The van der Waals surface area contributed by atoms with Gasteiger partial charge >= 0.3 is 5.97 Å². The molecule has 6 rings (SSSR count). The predicted molar refractivity (Wildman–Crippen MR) is 151 cm³/mol. The van der Waals surface area contributed by atoms with E-state index in [-0.39, 0.29) is 11.9 Å². The summed E-state index contributed by atoms with van der Waals surface area (Å²) in [6.07, 6.45) is 1.04. The molecule has 40 heavy (non-hydrogen) atoms. The second-order valence-corrected chi connectivity index (χ2v) is 10.6. The molecule has 0 radical (unpaired) electrons. The largest absolute Gasteiger partial charge is 0.493 e. The molecule has 206 valence electrons. The van der Waals surface area contributed by atoms with E-state index in [0.717, 1.165) is 23.5 Å². The van der Waals surface area contributed by atoms with Crippen LogP contribution in [0.1, 0.15) is 27.1 Å². The highest BCUT2D eigenvalue weighted by Crippen LogP contribution is 2.46. The van der Waals surface area contributed by atoms with Gasteiger partial charge in [-0.15, -0.1) is 11.3 Å². The minimum Gasteiger partial charge on any atom is -0.493 e. The van der Waals surface area contributed by atoms with Crippen molar-refractivity contribution >= 4 is 51.0 Å². The zero-order chi connectivity index (χ0) is 27.8. The van der Waals surface area contributed by atoms with Gasteiger partial charge in [-0.05, 0) is 54.7 Å². The maximum atomic E-state index is 13.1. The van der Waals surface area contributed by atoms with Crippen molar-refractivity contribution < 1.29 is 23.8 Å². The van der Waals surface area contributed by atoms with Crippen LogP contribution in [0.2, 0.25) is 0 Å². The summed E-state index contributed by atoms with van der Waals surface area (Å²) in [7, 11) is 4.52. The summed E-state index contributed by atoms with van der Waals surface area (Å²) in [6, 6.07) is 12.0. The Morgan fingerprint density at radius 3 is 2.50 bits per heavy atom. The highest BCUT2D eigenvalue weighted by molar-refractivity contribution is 7.16. The number of aromatic nitrogens is 3. The van der Waals surface area contributed by atoms with Crippen molar-refractivity contribution in [3.63, 3.8) is 0 Å². The normalized spacial score (nSPS) is 19.5. The fraction of sp³-hybridized carbons (Fsp3) is 0.321. The Morgan fingerprint density at radius 2 is 1.75 bits per heavy atom. The fourth-order valence-electron chi connectivity index (χ4n) is 5.18. The Balaban J connectivity index is 1.22. The molecule has 1 aliphatic carbocycles. The lowest BCUT2D eigenvalue weighted by Gasteiger charge is -2.33. The average molecular weight is 561 g/mol. The number of hydrogen-bond acceptors (Lipinski definition) is 11. The van der Waals surface area contributed by atoms with Crippen LogP contribution in [-0.2, 0) is 4.74 Å². The van der Waals surface area contributed by atoms with Crippen LogP contribution in [-0.4, -0.2) is 67.3 Å². The summed E-state index contributed by atoms with van der Waals surface area (Å²) in [4.78, 5) is 41.8. The zero-order valence-electron chi connectivity index (χ0n) is 22.2. The highest BCUT2D eigenvalue weighted by Gasteiger charge is 2.49. The number of nitrogens with zero attached hydrogens (tertiary/aromatic N) is 4. The van der Waals surface area contributed by atoms with E-state index in [2.05, 4.69) is 20.5 Å². The van der Waals surface area contributed by atoms with Crippen LogP contribution in [0.3, 0.4) is 0 Å². The van der Waals surface area contributed by atoms with Gasteiger partial charge in [-0.25, -0.2) is 9.78 Å². The van der Waals surface area contributed by atoms with Gasteiger partial charge in [0.15, 0.2) is 22.1 Å². The van der Waals surface area contributed by atoms with Crippen LogP contribution < -0.4 is 25.0 Å². The maximum Gasteiger partial charge on any atom is 0.337 e. The third-order valence-electron chi connectivity index (χ3n) is 7.37. The van der Waals surface area contributed by atoms with E-state index >= 15 is 0 Å². The molecule has 1 saturated heterocycles. The van der Waals surface area contributed by atoms with Gasteiger partial charge in [-0.2, -0.15) is 9.97 Å². The molecule has 3 heterocycles. The molecule has 4 aromatic rings. The molecule has 2 aromatic carbocycles. The van der Waals surface area contributed by atoms with Crippen LogP contribution in [0.15, 0.2) is 48.0 Å². The van der Waals surface area contributed by atoms with E-state index in [0.29, 0.717) is 58.3 Å². The van der Waals surface area contributed by atoms with Crippen molar-refractivity contribution in [2.75, 3.05) is 44.6 Å². The monoisotopic (exact) mass is 560 g/mol. The number of methoxy groups -OCH3 is 3. The third kappa shape index (κ3) is 4.97. The molecule has 2 N–H and O–H groups in total. The van der Waals surface area contributed by atoms with E-state index in [9.17, 15) is 9.59 Å². The molecule has 11 nitrogen and oxygen atoms in total. The van der Waals surface area contributed by atoms with Crippen LogP contribution >= 0.6 is 11.3 Å². The van der Waals surface area contributed by atoms with Gasteiger partial charge in [0.2, 0.25) is 5.95 Å². The van der Waals surface area contributed by atoms with Gasteiger partial charge < -0.3 is 29.7 Å². The van der Waals surface area contributed by atoms with Crippen molar-refractivity contribution in [3.05, 3.63) is 59.1 Å². The molecule has 1 amide bonds. The Hall–Kier alpha value is -4.45. The molecular formula is C28H28N6O5S. The number of piperidine rings is 1. The first-order chi connectivity index (χ1) is 19.5. The first-order valence-corrected chi connectivity index (χ1v) is 13.7. The molecule has 1 aliphatic heterocycles. The van der Waals surface area contributed by atoms with Crippen LogP contribution in [0.5, 0.6) is 11.5 Å². The lowest BCUT2D eigenvalue weighted by molar-refractivity contribution is 0.0600. The van der Waals surface area contributed by atoms with Crippen molar-refractivity contribution in [1.82, 2.24) is 20.3 Å². The van der Waals surface area contributed by atoms with Crippen molar-refractivity contribution in [2.45, 2.75) is 12.5 Å². The molecular weight excluding hydrogens is 532 g/mol. The molecule has 3 atom stereocenters. The van der Waals surface area contributed by atoms with Gasteiger partial charge in [0.1, 0.15) is 5.52 Å². The number of rotatable bonds is 8. The Bertz CT molecular complexity index is 1580. The standard InChI is InChI=1S/C28H28N6O5S/c1-37-21-9-8-18(11-22(21)38-2)30-24-23-26(40-14-29-23)33-28(32-24)34-12-17-10-19(17)20(13-34)31-25(35)15-4-6-16(7-5-15)27(36)39-3/h4-9,11,14,17,19-20H,10,12-13H2,1-3H3,(H,31,35)(H,30,32,33). The lowest BCUT2D eigenvalue weighted by Crippen LogP contribution is -2.50. The summed E-state index contributed by atoms with van der Waals surface area (Å²) in [5, 5.41) is 6.57. The molecule has 2 aliphatic rings. The van der Waals surface area contributed by atoms with E-state index < -0.39 is 5.97 Å². The quantitative estimate of drug-likeness (QED) is 0.306. The molecule has 12 heteroatoms. The van der Waals surface area contributed by atoms with Gasteiger partial charge in [-0.1, -0.05) is 0 Å². The SMILES string of the molecule is COC(=O)c1ccc(C(=O)NC2CN(c3nc(Nc4ccc(OC)c(OC)c4)c4ncsc4n3)CC3CC32)cc1. The number of carbonyl (C=O) groups is 2. The fourth-order valence-corrected chi connectivity index (χ4v) is 5.83. The molecule has 0 spiro atoms. The number of amides is 1. The summed E-state index contributed by atoms with van der Waals surface area (Å²) in [5.41, 5.74) is 4.11. The van der Waals surface area contributed by atoms with E-state index in [1.165, 1.54) is 18.4 Å². The molecule has 1 saturated carbocycles. The number of ether oxygens (including phenoxy) is 3. The first kappa shape index (κ1) is 25.8. The summed E-state index contributed by atoms with van der Waals surface area (Å²) in [6.45, 7) is 1.41. The van der Waals surface area contributed by atoms with E-state index in [4.69, 9.17) is 24.2 Å². The zero-order valence-corrected chi connectivity index (χ0v) is 23.0. The van der Waals surface area contributed by atoms with Gasteiger partial charge in [-0.3, -0.25) is 4.79 Å². The number of benzene rings is 2. The summed E-state index contributed by atoms with van der Waals surface area (Å²) >= 11 is 1.45. The smallest absolute Gasteiger partial charge is 0.337 e. The number of carbonyl (C=O) groups excluding carboxylic acids is 2. The average Bonchev–Trinajstić information content (AvgIpc) is 3.63. The topological polar surface area (TPSA) is 128 Å². The third-order valence-corrected chi connectivity index (χ3v) is 8.08. The predicted octanol–water partition coefficient (Wildman–Crippen LogP) is 3.89. The van der Waals surface area contributed by atoms with Crippen LogP contribution in [0.25, 0.3) is 10.3 Å². The molecule has 3 unspecified atom stereocenters. The Kier molecular flexibility index (Phi) is 6.84. The lowest BCUT2D eigenvalue weighted by atomic mass is 10.0. The second kappa shape index (κ2) is 10.6. The Labute approximate surface area is 234 Å². The maximum absolute atomic E-state index is 13.1. The summed E-state index contributed by atoms with van der Waals surface area (Å²) < 4.78 is 15.5. The molecule has 2 fully saturated rings. The summed E-state index contributed by atoms with van der Waals surface area (Å²) in [5.74, 6) is 2.69. The molecule has 0 bridgehead atoms. The highest BCUT2D eigenvalue weighted by atomic mass is 32.1. The number of hydrogen-bond donors (Lipinski definition) is 2. The van der Waals surface area contributed by atoms with Crippen molar-refractivity contribution in [2.24, 2.45) is 11.8 Å². The number of thiazole rings is 1. The van der Waals surface area contributed by atoms with Crippen molar-refractivity contribution in [1.29, 1.82) is 0 Å². The Morgan fingerprint density at radius 1 is 0.975 bits per heavy atom. The van der Waals surface area contributed by atoms with E-state index in [1.54, 1.807) is 44.0 Å². The molecule has 2 aromatic heterocycles. The minimum absolute atomic E-state index is 0.0467. The minimum atomic E-state index is -0.436. The number of esters is 1. The van der Waals surface area contributed by atoms with Crippen LogP contribution in [0.4, 0.5) is 17.5 Å². The van der Waals surface area contributed by atoms with Crippen LogP contribution in [0, 0.1) is 11.8 Å². The van der Waals surface area contributed by atoms with Crippen molar-refractivity contribution in [3.8, 4) is 11.5 Å². The first-order valence-electron chi connectivity index (χ1n) is 12.8. The number of anilines is 3. The van der Waals surface area contributed by atoms with Gasteiger partial charge in [0, 0.05) is 36.4 Å². The van der Waals surface area contributed by atoms with E-state index in [1.807, 2.05) is 18.2 Å². The second-order valence-electron chi connectivity index (χ2n) is 9.79. The van der Waals surface area contributed by atoms with Gasteiger partial charge in [0.05, 0.1) is 32.4 Å².